The Morgan fingerprint density at radius 1 is 0.448 bits per heavy atom. The van der Waals surface area contributed by atoms with E-state index in [1.165, 1.54) is 33.9 Å². The van der Waals surface area contributed by atoms with E-state index < -0.39 is 15.6 Å². The van der Waals surface area contributed by atoms with Crippen molar-refractivity contribution in [2.24, 2.45) is 0 Å². The van der Waals surface area contributed by atoms with Gasteiger partial charge in [-0.15, -0.1) is 0 Å². The van der Waals surface area contributed by atoms with Gasteiger partial charge in [-0.05, 0) is 71.9 Å². The zero-order valence-electron chi connectivity index (χ0n) is 35.5. The van der Waals surface area contributed by atoms with Crippen LogP contribution in [0.4, 0.5) is 73.1 Å². The van der Waals surface area contributed by atoms with Crippen LogP contribution in [0.2, 0.25) is 0 Å². The van der Waals surface area contributed by atoms with E-state index in [-0.39, 0.29) is 24.0 Å². The van der Waals surface area contributed by atoms with E-state index in [1.54, 1.807) is 0 Å². The fourth-order valence-electron chi connectivity index (χ4n) is 6.45. The summed E-state index contributed by atoms with van der Waals surface area (Å²) in [7, 11) is -12.2. The van der Waals surface area contributed by atoms with Crippen molar-refractivity contribution in [1.29, 1.82) is 0 Å². The molecular weight excluding hydrogens is 834 g/mol. The SMILES string of the molecule is CC(C)(C)c1ccc2c(c1)N(CCCC[N+](C)(C)CCCO)c1ccc(C(C)(C)C)cc1N2CCCC[N+](C)(C)CCCO.F[P-](F)(F)(F)(F)F.F[P-](F)(F)(F)(F)F. The van der Waals surface area contributed by atoms with Crippen LogP contribution in [0, 0.1) is 0 Å². The zero-order chi connectivity index (χ0) is 45.6. The number of hydrogen-bond donors (Lipinski definition) is 2. The van der Waals surface area contributed by atoms with Crippen LogP contribution < -0.4 is 9.80 Å². The number of fused-ring (bicyclic) bond motifs is 2. The van der Waals surface area contributed by atoms with Crippen molar-refractivity contribution in [1.82, 2.24) is 0 Å². The van der Waals surface area contributed by atoms with Gasteiger partial charge >= 0.3 is 66.0 Å². The molecule has 20 heteroatoms. The molecule has 0 aliphatic carbocycles. The van der Waals surface area contributed by atoms with Crippen molar-refractivity contribution in [3.05, 3.63) is 47.5 Å². The van der Waals surface area contributed by atoms with Gasteiger partial charge in [-0.1, -0.05) is 53.7 Å². The summed E-state index contributed by atoms with van der Waals surface area (Å²) in [5, 5.41) is 18.7. The van der Waals surface area contributed by atoms with Gasteiger partial charge in [0, 0.05) is 39.1 Å². The Morgan fingerprint density at radius 2 is 0.707 bits per heavy atom. The van der Waals surface area contributed by atoms with Crippen molar-refractivity contribution < 1.29 is 69.5 Å². The van der Waals surface area contributed by atoms with E-state index in [0.29, 0.717) is 0 Å². The Labute approximate surface area is 336 Å². The minimum absolute atomic E-state index is 0.0776. The van der Waals surface area contributed by atoms with Crippen LogP contribution in [0.3, 0.4) is 0 Å². The fraction of sp³-hybridized carbons (Fsp3) is 0.684. The van der Waals surface area contributed by atoms with Gasteiger partial charge in [0.1, 0.15) is 0 Å². The summed E-state index contributed by atoms with van der Waals surface area (Å²) in [5.41, 5.74) is 8.22. The van der Waals surface area contributed by atoms with Crippen LogP contribution in [-0.4, -0.2) is 99.9 Å². The molecule has 0 atom stereocenters. The fourth-order valence-corrected chi connectivity index (χ4v) is 6.45. The summed E-state index contributed by atoms with van der Waals surface area (Å²) in [5.74, 6) is 0. The van der Waals surface area contributed by atoms with Crippen LogP contribution in [0.1, 0.15) is 91.2 Å². The third kappa shape index (κ3) is 24.9. The molecule has 0 radical (unpaired) electrons. The van der Waals surface area contributed by atoms with Gasteiger partial charge in [0.2, 0.25) is 0 Å². The number of halogens is 12. The summed E-state index contributed by atoms with van der Waals surface area (Å²) < 4.78 is 120. The average Bonchev–Trinajstić information content (AvgIpc) is 2.99. The van der Waals surface area contributed by atoms with Crippen LogP contribution in [0.5, 0.6) is 0 Å². The first-order valence-electron chi connectivity index (χ1n) is 19.2. The second-order valence-corrected chi connectivity index (χ2v) is 22.3. The maximum absolute atomic E-state index is 10.7. The van der Waals surface area contributed by atoms with E-state index in [0.717, 1.165) is 86.8 Å². The Kier molecular flexibility index (Phi) is 16.1. The molecule has 1 aliphatic heterocycles. The summed E-state index contributed by atoms with van der Waals surface area (Å²) >= 11 is 0. The zero-order valence-corrected chi connectivity index (χ0v) is 37.3. The molecule has 0 fully saturated rings. The molecule has 0 amide bonds. The molecule has 0 saturated carbocycles. The Morgan fingerprint density at radius 3 is 0.948 bits per heavy atom. The minimum atomic E-state index is -10.7. The van der Waals surface area contributed by atoms with Crippen molar-refractivity contribution in [3.8, 4) is 0 Å². The van der Waals surface area contributed by atoms with Crippen LogP contribution in [-0.2, 0) is 10.8 Å². The summed E-state index contributed by atoms with van der Waals surface area (Å²) in [6, 6.07) is 14.4. The van der Waals surface area contributed by atoms with E-state index in [9.17, 15) is 60.6 Å². The molecule has 2 aromatic rings. The standard InChI is InChI=1S/C38H66N4O2.2F6P/c1-37(2,3)31-17-19-33-35(29-31)39(21-11-13-23-41(7,8)25-15-27-43)34-20-18-32(38(4,5)6)30-36(34)40(33)22-12-14-24-42(9,10)26-16-28-44;2*1-7(2,3,4,5)6/h17-20,29-30,43-44H,11-16,21-28H2,1-10H3;;/q+2;2*-1. The Bertz CT molecular complexity index is 1500. The molecule has 2 N–H and O–H groups in total. The molecule has 1 aliphatic rings. The maximum atomic E-state index is 9.87. The third-order valence-electron chi connectivity index (χ3n) is 9.48. The molecule has 344 valence electrons. The van der Waals surface area contributed by atoms with Crippen LogP contribution in [0.15, 0.2) is 36.4 Å². The molecule has 58 heavy (non-hydrogen) atoms. The van der Waals surface area contributed by atoms with Gasteiger partial charge in [0.05, 0.1) is 77.1 Å². The number of nitrogens with zero attached hydrogens (tertiary/aromatic N) is 4. The number of benzene rings is 2. The Hall–Kier alpha value is -2.10. The second kappa shape index (κ2) is 17.3. The quantitative estimate of drug-likeness (QED) is 0.0763. The Balaban J connectivity index is 0.00000102. The van der Waals surface area contributed by atoms with Crippen molar-refractivity contribution >= 4 is 38.4 Å². The number of unbranched alkanes of at least 4 members (excludes halogenated alkanes) is 2. The van der Waals surface area contributed by atoms with Crippen molar-refractivity contribution in [3.63, 3.8) is 0 Å². The monoisotopic (exact) mass is 900 g/mol. The second-order valence-electron chi connectivity index (χ2n) is 18.5. The van der Waals surface area contributed by atoms with Gasteiger partial charge in [0.15, 0.2) is 0 Å². The van der Waals surface area contributed by atoms with Crippen LogP contribution >= 0.6 is 15.6 Å². The topological polar surface area (TPSA) is 46.9 Å². The van der Waals surface area contributed by atoms with E-state index in [1.807, 2.05) is 0 Å². The molecule has 6 nitrogen and oxygen atoms in total. The van der Waals surface area contributed by atoms with Gasteiger partial charge < -0.3 is 29.0 Å². The molecule has 3 rings (SSSR count). The molecule has 1 heterocycles. The number of quaternary nitrogens is 2. The van der Waals surface area contributed by atoms with Gasteiger partial charge in [-0.3, -0.25) is 0 Å². The first kappa shape index (κ1) is 53.9. The number of hydrogen-bond acceptors (Lipinski definition) is 4. The molecule has 0 saturated heterocycles. The normalized spacial score (nSPS) is 16.3. The molecule has 0 bridgehead atoms. The summed E-state index contributed by atoms with van der Waals surface area (Å²) in [6.45, 7) is 20.7. The first-order valence-corrected chi connectivity index (χ1v) is 23.3. The van der Waals surface area contributed by atoms with Crippen LogP contribution in [0.25, 0.3) is 0 Å². The van der Waals surface area contributed by atoms with E-state index in [4.69, 9.17) is 0 Å². The van der Waals surface area contributed by atoms with Gasteiger partial charge in [-0.25, -0.2) is 0 Å². The molecule has 2 aromatic carbocycles. The number of aliphatic hydroxyl groups is 2. The van der Waals surface area contributed by atoms with Crippen molar-refractivity contribution in [2.75, 3.05) is 90.5 Å². The number of rotatable bonds is 16. The molecular formula is C38H66F12N4O2P2. The molecule has 0 unspecified atom stereocenters. The predicted octanol–water partition coefficient (Wildman–Crippen LogP) is 14.1. The summed E-state index contributed by atoms with van der Waals surface area (Å²) in [6.07, 6.45) is 6.29. The predicted molar refractivity (Wildman–Crippen MR) is 217 cm³/mol. The number of anilines is 4. The molecule has 0 aromatic heterocycles. The van der Waals surface area contributed by atoms with Gasteiger partial charge in [-0.2, -0.15) is 0 Å². The molecule has 0 spiro atoms. The summed E-state index contributed by atoms with van der Waals surface area (Å²) in [4.78, 5) is 5.21. The first-order chi connectivity index (χ1) is 25.4. The van der Waals surface area contributed by atoms with Gasteiger partial charge in [0.25, 0.3) is 0 Å². The van der Waals surface area contributed by atoms with E-state index >= 15 is 0 Å². The van der Waals surface area contributed by atoms with Crippen molar-refractivity contribution in [2.45, 2.75) is 90.9 Å². The van der Waals surface area contributed by atoms with E-state index in [2.05, 4.69) is 116 Å². The number of aliphatic hydroxyl groups excluding tert-OH is 2. The average molecular weight is 901 g/mol. The third-order valence-corrected chi connectivity index (χ3v) is 9.48.